The van der Waals surface area contributed by atoms with Gasteiger partial charge in [-0.15, -0.1) is 0 Å². The van der Waals surface area contributed by atoms with Gasteiger partial charge >= 0.3 is 0 Å². The Balaban J connectivity index is 2.37. The number of nitrogens with two attached hydrogens (primary N) is 1. The van der Waals surface area contributed by atoms with Gasteiger partial charge in [0.05, 0.1) is 12.3 Å². The lowest BCUT2D eigenvalue weighted by molar-refractivity contribution is 0.319. The van der Waals surface area contributed by atoms with Crippen molar-refractivity contribution in [1.82, 2.24) is 0 Å². The molecule has 0 amide bonds. The van der Waals surface area contributed by atoms with Crippen molar-refractivity contribution in [2.45, 2.75) is 6.92 Å². The number of ether oxygens (including phenoxy) is 2. The number of anilines is 1. The highest BCUT2D eigenvalue weighted by Crippen LogP contribution is 2.35. The van der Waals surface area contributed by atoms with Crippen LogP contribution in [-0.4, -0.2) is 6.61 Å². The molecule has 2 aromatic carbocycles. The fraction of sp³-hybridized carbons (Fsp3) is 0.143. The number of benzene rings is 2. The van der Waals surface area contributed by atoms with Crippen LogP contribution in [0.5, 0.6) is 17.2 Å². The predicted octanol–water partition coefficient (Wildman–Crippen LogP) is 4.50. The van der Waals surface area contributed by atoms with Gasteiger partial charge < -0.3 is 15.2 Å². The average Bonchev–Trinajstić information content (AvgIpc) is 2.39. The third-order valence-corrected chi connectivity index (χ3v) is 2.97. The molecular weight excluding hydrogens is 332 g/mol. The van der Waals surface area contributed by atoms with Crippen LogP contribution in [0.25, 0.3) is 0 Å². The quantitative estimate of drug-likeness (QED) is 0.831. The second-order valence-electron chi connectivity index (χ2n) is 3.93. The maximum atomic E-state index is 13.6. The Bertz CT molecular complexity index is 635. The zero-order chi connectivity index (χ0) is 14.7. The maximum Gasteiger partial charge on any atom is 0.167 e. The van der Waals surface area contributed by atoms with Gasteiger partial charge in [-0.05, 0) is 25.1 Å². The molecule has 3 nitrogen and oxygen atoms in total. The fourth-order valence-corrected chi connectivity index (χ4v) is 1.92. The topological polar surface area (TPSA) is 44.5 Å². The molecule has 0 saturated carbocycles. The van der Waals surface area contributed by atoms with E-state index >= 15 is 0 Å². The molecule has 0 unspecified atom stereocenters. The molecule has 0 heterocycles. The molecule has 2 aromatic rings. The third kappa shape index (κ3) is 3.19. The van der Waals surface area contributed by atoms with E-state index in [-0.39, 0.29) is 22.9 Å². The summed E-state index contributed by atoms with van der Waals surface area (Å²) in [6, 6.07) is 6.63. The second kappa shape index (κ2) is 6.09. The van der Waals surface area contributed by atoms with Gasteiger partial charge in [0.15, 0.2) is 28.9 Å². The van der Waals surface area contributed by atoms with E-state index in [9.17, 15) is 8.78 Å². The Morgan fingerprint density at radius 1 is 1.05 bits per heavy atom. The molecule has 2 rings (SSSR count). The molecule has 0 radical (unpaired) electrons. The minimum absolute atomic E-state index is 0.00658. The van der Waals surface area contributed by atoms with Crippen LogP contribution in [0.15, 0.2) is 34.8 Å². The molecule has 0 aliphatic heterocycles. The second-order valence-corrected chi connectivity index (χ2v) is 4.85. The van der Waals surface area contributed by atoms with Crippen molar-refractivity contribution in [3.05, 3.63) is 46.4 Å². The van der Waals surface area contributed by atoms with Gasteiger partial charge in [0.1, 0.15) is 0 Å². The first-order valence-electron chi connectivity index (χ1n) is 5.86. The summed E-state index contributed by atoms with van der Waals surface area (Å²) in [4.78, 5) is 0. The van der Waals surface area contributed by atoms with Gasteiger partial charge in [0.25, 0.3) is 0 Å². The summed E-state index contributed by atoms with van der Waals surface area (Å²) in [5.41, 5.74) is 5.73. The first kappa shape index (κ1) is 14.6. The number of rotatable bonds is 4. The minimum Gasteiger partial charge on any atom is -0.491 e. The molecule has 0 aliphatic rings. The van der Waals surface area contributed by atoms with E-state index in [1.165, 1.54) is 18.2 Å². The summed E-state index contributed by atoms with van der Waals surface area (Å²) in [5, 5.41) is 0. The summed E-state index contributed by atoms with van der Waals surface area (Å²) in [5.74, 6) is -1.01. The Labute approximate surface area is 123 Å². The molecule has 20 heavy (non-hydrogen) atoms. The van der Waals surface area contributed by atoms with E-state index in [1.54, 1.807) is 13.0 Å². The van der Waals surface area contributed by atoms with Crippen molar-refractivity contribution < 1.29 is 18.3 Å². The highest BCUT2D eigenvalue weighted by atomic mass is 79.9. The number of hydrogen-bond acceptors (Lipinski definition) is 3. The maximum absolute atomic E-state index is 13.6. The molecule has 0 spiro atoms. The van der Waals surface area contributed by atoms with E-state index in [4.69, 9.17) is 15.2 Å². The molecule has 0 aliphatic carbocycles. The smallest absolute Gasteiger partial charge is 0.167 e. The van der Waals surface area contributed by atoms with Crippen molar-refractivity contribution in [2.24, 2.45) is 0 Å². The molecule has 0 bridgehead atoms. The minimum atomic E-state index is -0.591. The highest BCUT2D eigenvalue weighted by molar-refractivity contribution is 9.10. The third-order valence-electron chi connectivity index (χ3n) is 2.48. The van der Waals surface area contributed by atoms with E-state index < -0.39 is 11.6 Å². The van der Waals surface area contributed by atoms with Gasteiger partial charge in [0, 0.05) is 16.6 Å². The SMILES string of the molecule is CCOc1cc(Oc2cc(Br)ccc2F)c(N)cc1F. The molecule has 6 heteroatoms. The van der Waals surface area contributed by atoms with Crippen LogP contribution in [0, 0.1) is 11.6 Å². The molecular formula is C14H12BrF2NO2. The summed E-state index contributed by atoms with van der Waals surface area (Å²) >= 11 is 3.22. The Hall–Kier alpha value is -1.82. The van der Waals surface area contributed by atoms with E-state index in [0.717, 1.165) is 6.07 Å². The largest absolute Gasteiger partial charge is 0.491 e. The van der Waals surface area contributed by atoms with Gasteiger partial charge in [0.2, 0.25) is 0 Å². The Morgan fingerprint density at radius 3 is 2.50 bits per heavy atom. The molecule has 0 aromatic heterocycles. The van der Waals surface area contributed by atoms with E-state index in [1.807, 2.05) is 0 Å². The van der Waals surface area contributed by atoms with Crippen LogP contribution in [0.1, 0.15) is 6.92 Å². The van der Waals surface area contributed by atoms with Crippen LogP contribution in [0.3, 0.4) is 0 Å². The molecule has 106 valence electrons. The van der Waals surface area contributed by atoms with Crippen LogP contribution < -0.4 is 15.2 Å². The fourth-order valence-electron chi connectivity index (χ4n) is 1.58. The van der Waals surface area contributed by atoms with Crippen LogP contribution in [0.2, 0.25) is 0 Å². The van der Waals surface area contributed by atoms with Crippen molar-refractivity contribution in [3.63, 3.8) is 0 Å². The zero-order valence-corrected chi connectivity index (χ0v) is 12.2. The number of halogens is 3. The van der Waals surface area contributed by atoms with E-state index in [0.29, 0.717) is 11.1 Å². The Kier molecular flexibility index (Phi) is 4.44. The molecule has 2 N–H and O–H groups in total. The molecule has 0 fully saturated rings. The summed E-state index contributed by atoms with van der Waals surface area (Å²) < 4.78 is 38.3. The van der Waals surface area contributed by atoms with Gasteiger partial charge in [-0.3, -0.25) is 0 Å². The lowest BCUT2D eigenvalue weighted by Gasteiger charge is -2.12. The lowest BCUT2D eigenvalue weighted by Crippen LogP contribution is -1.99. The normalized spacial score (nSPS) is 10.4. The first-order valence-corrected chi connectivity index (χ1v) is 6.65. The van der Waals surface area contributed by atoms with Crippen molar-refractivity contribution in [3.8, 4) is 17.2 Å². The predicted molar refractivity (Wildman–Crippen MR) is 76.2 cm³/mol. The van der Waals surface area contributed by atoms with Gasteiger partial charge in [-0.2, -0.15) is 0 Å². The van der Waals surface area contributed by atoms with Crippen molar-refractivity contribution in [1.29, 1.82) is 0 Å². The van der Waals surface area contributed by atoms with Crippen LogP contribution >= 0.6 is 15.9 Å². The summed E-state index contributed by atoms with van der Waals surface area (Å²) in [6.45, 7) is 2.02. The zero-order valence-electron chi connectivity index (χ0n) is 10.6. The standard InChI is InChI=1S/C14H12BrF2NO2/c1-2-19-12-7-14(11(18)6-10(12)17)20-13-5-8(15)3-4-9(13)16/h3-7H,2,18H2,1H3. The van der Waals surface area contributed by atoms with Gasteiger partial charge in [-0.1, -0.05) is 15.9 Å². The van der Waals surface area contributed by atoms with Crippen LogP contribution in [-0.2, 0) is 0 Å². The number of hydrogen-bond donors (Lipinski definition) is 1. The molecule has 0 saturated heterocycles. The average molecular weight is 344 g/mol. The summed E-state index contributed by atoms with van der Waals surface area (Å²) in [6.07, 6.45) is 0. The summed E-state index contributed by atoms with van der Waals surface area (Å²) in [7, 11) is 0. The highest BCUT2D eigenvalue weighted by Gasteiger charge is 2.13. The van der Waals surface area contributed by atoms with Crippen LogP contribution in [0.4, 0.5) is 14.5 Å². The van der Waals surface area contributed by atoms with Gasteiger partial charge in [-0.25, -0.2) is 8.78 Å². The first-order chi connectivity index (χ1) is 9.51. The Morgan fingerprint density at radius 2 is 1.80 bits per heavy atom. The van der Waals surface area contributed by atoms with Crippen molar-refractivity contribution in [2.75, 3.05) is 12.3 Å². The lowest BCUT2D eigenvalue weighted by atomic mass is 10.2. The van der Waals surface area contributed by atoms with Crippen molar-refractivity contribution >= 4 is 21.6 Å². The van der Waals surface area contributed by atoms with E-state index in [2.05, 4.69) is 15.9 Å². The number of nitrogen functional groups attached to an aromatic ring is 1. The monoisotopic (exact) mass is 343 g/mol. The molecule has 0 atom stereocenters.